The summed E-state index contributed by atoms with van der Waals surface area (Å²) in [5.74, 6) is 0.687. The lowest BCUT2D eigenvalue weighted by Crippen LogP contribution is -2.31. The van der Waals surface area contributed by atoms with Crippen LogP contribution < -0.4 is 5.32 Å². The van der Waals surface area contributed by atoms with Gasteiger partial charge in [-0.3, -0.25) is 4.79 Å². The maximum atomic E-state index is 11.5. The number of amides is 1. The Hall–Kier alpha value is -2.64. The van der Waals surface area contributed by atoms with Gasteiger partial charge in [-0.25, -0.2) is 0 Å². The number of hydrogen-bond acceptors (Lipinski definition) is 5. The number of nitrogens with one attached hydrogen (secondary N) is 1. The predicted molar refractivity (Wildman–Crippen MR) is 126 cm³/mol. The molecule has 1 saturated heterocycles. The van der Waals surface area contributed by atoms with Gasteiger partial charge in [0.1, 0.15) is 0 Å². The number of aliphatic hydroxyl groups excluding tert-OH is 1. The standard InChI is InChI=1S/C26H27NO4S/c1-18(29)27-22-7-5-6-21(14-22)26-30-23(17-32-24-8-3-2-4-9-24)15-25(31-26)20-12-10-19(16-28)11-13-20/h2-14,23,25-26,28H,15-17H2,1H3,(H,27,29). The smallest absolute Gasteiger partial charge is 0.221 e. The molecule has 6 heteroatoms. The fourth-order valence-corrected chi connectivity index (χ4v) is 4.64. The normalized spacial score (nSPS) is 20.6. The number of hydrogen-bond donors (Lipinski definition) is 2. The van der Waals surface area contributed by atoms with Crippen molar-refractivity contribution in [2.45, 2.75) is 43.3 Å². The molecule has 1 fully saturated rings. The van der Waals surface area contributed by atoms with Gasteiger partial charge in [-0.15, -0.1) is 11.8 Å². The van der Waals surface area contributed by atoms with Gasteiger partial charge in [-0.2, -0.15) is 0 Å². The van der Waals surface area contributed by atoms with Crippen LogP contribution in [0.3, 0.4) is 0 Å². The highest BCUT2D eigenvalue weighted by atomic mass is 32.2. The van der Waals surface area contributed by atoms with Crippen LogP contribution in [-0.4, -0.2) is 22.9 Å². The van der Waals surface area contributed by atoms with Gasteiger partial charge in [-0.05, 0) is 35.4 Å². The molecule has 2 N–H and O–H groups in total. The van der Waals surface area contributed by atoms with Gasteiger partial charge in [-0.1, -0.05) is 54.6 Å². The number of ether oxygens (including phenoxy) is 2. The number of benzene rings is 3. The predicted octanol–water partition coefficient (Wildman–Crippen LogP) is 5.48. The zero-order valence-electron chi connectivity index (χ0n) is 17.9. The van der Waals surface area contributed by atoms with E-state index in [-0.39, 0.29) is 24.7 Å². The topological polar surface area (TPSA) is 67.8 Å². The molecule has 0 aliphatic carbocycles. The fraction of sp³-hybridized carbons (Fsp3) is 0.269. The summed E-state index contributed by atoms with van der Waals surface area (Å²) < 4.78 is 12.7. The second kappa shape index (κ2) is 10.8. The van der Waals surface area contributed by atoms with Crippen LogP contribution in [0.1, 0.15) is 42.4 Å². The van der Waals surface area contributed by atoms with Gasteiger partial charge in [0.2, 0.25) is 5.91 Å². The van der Waals surface area contributed by atoms with Crippen molar-refractivity contribution in [2.24, 2.45) is 0 Å². The van der Waals surface area contributed by atoms with Crippen molar-refractivity contribution in [3.8, 4) is 0 Å². The molecule has 4 rings (SSSR count). The van der Waals surface area contributed by atoms with Gasteiger partial charge in [0.15, 0.2) is 6.29 Å². The van der Waals surface area contributed by atoms with Gasteiger partial charge >= 0.3 is 0 Å². The highest BCUT2D eigenvalue weighted by Gasteiger charge is 2.32. The molecule has 3 atom stereocenters. The molecular formula is C26H27NO4S. The molecule has 1 aliphatic heterocycles. The van der Waals surface area contributed by atoms with E-state index < -0.39 is 6.29 Å². The van der Waals surface area contributed by atoms with Crippen molar-refractivity contribution in [3.63, 3.8) is 0 Å². The number of anilines is 1. The average Bonchev–Trinajstić information content (AvgIpc) is 2.83. The highest BCUT2D eigenvalue weighted by Crippen LogP contribution is 2.39. The van der Waals surface area contributed by atoms with Crippen molar-refractivity contribution in [1.82, 2.24) is 0 Å². The first kappa shape index (κ1) is 22.6. The van der Waals surface area contributed by atoms with Crippen LogP contribution in [0.4, 0.5) is 5.69 Å². The maximum absolute atomic E-state index is 11.5. The molecule has 1 heterocycles. The lowest BCUT2D eigenvalue weighted by molar-refractivity contribution is -0.245. The van der Waals surface area contributed by atoms with E-state index in [1.807, 2.05) is 66.7 Å². The van der Waals surface area contributed by atoms with Gasteiger partial charge in [0.25, 0.3) is 0 Å². The third kappa shape index (κ3) is 5.99. The minimum atomic E-state index is -0.540. The second-order valence-electron chi connectivity index (χ2n) is 7.78. The lowest BCUT2D eigenvalue weighted by atomic mass is 10.0. The molecule has 0 saturated carbocycles. The molecule has 166 valence electrons. The molecule has 3 aromatic rings. The summed E-state index contributed by atoms with van der Waals surface area (Å²) in [6.07, 6.45) is 0.0553. The maximum Gasteiger partial charge on any atom is 0.221 e. The molecule has 0 bridgehead atoms. The van der Waals surface area contributed by atoms with Crippen molar-refractivity contribution in [2.75, 3.05) is 11.1 Å². The first-order chi connectivity index (χ1) is 15.6. The Kier molecular flexibility index (Phi) is 7.60. The van der Waals surface area contributed by atoms with E-state index >= 15 is 0 Å². The van der Waals surface area contributed by atoms with E-state index in [1.165, 1.54) is 11.8 Å². The average molecular weight is 450 g/mol. The fourth-order valence-electron chi connectivity index (χ4n) is 3.69. The van der Waals surface area contributed by atoms with E-state index in [4.69, 9.17) is 9.47 Å². The summed E-state index contributed by atoms with van der Waals surface area (Å²) in [5, 5.41) is 12.2. The minimum absolute atomic E-state index is 0.00843. The number of rotatable bonds is 7. The Bertz CT molecular complexity index is 1030. The number of thioether (sulfide) groups is 1. The molecule has 3 aromatic carbocycles. The first-order valence-corrected chi connectivity index (χ1v) is 11.7. The summed E-state index contributed by atoms with van der Waals surface area (Å²) in [7, 11) is 0. The summed E-state index contributed by atoms with van der Waals surface area (Å²) in [4.78, 5) is 12.7. The molecule has 1 amide bonds. The van der Waals surface area contributed by atoms with Gasteiger partial charge in [0.05, 0.1) is 18.8 Å². The van der Waals surface area contributed by atoms with Crippen LogP contribution in [0.25, 0.3) is 0 Å². The molecule has 0 radical (unpaired) electrons. The molecule has 1 aliphatic rings. The summed E-state index contributed by atoms with van der Waals surface area (Å²) in [6, 6.07) is 25.7. The van der Waals surface area contributed by atoms with Crippen LogP contribution in [0.2, 0.25) is 0 Å². The summed E-state index contributed by atoms with van der Waals surface area (Å²) in [5.41, 5.74) is 3.51. The van der Waals surface area contributed by atoms with Crippen molar-refractivity contribution in [1.29, 1.82) is 0 Å². The van der Waals surface area contributed by atoms with E-state index in [9.17, 15) is 9.90 Å². The van der Waals surface area contributed by atoms with Crippen LogP contribution in [0.15, 0.2) is 83.8 Å². The molecule has 5 nitrogen and oxygen atoms in total. The van der Waals surface area contributed by atoms with E-state index in [1.54, 1.807) is 11.8 Å². The Balaban J connectivity index is 1.55. The zero-order valence-corrected chi connectivity index (χ0v) is 18.8. The van der Waals surface area contributed by atoms with Crippen molar-refractivity contribution >= 4 is 23.4 Å². The first-order valence-electron chi connectivity index (χ1n) is 10.7. The van der Waals surface area contributed by atoms with Crippen LogP contribution >= 0.6 is 11.8 Å². The van der Waals surface area contributed by atoms with E-state index in [0.29, 0.717) is 5.69 Å². The highest BCUT2D eigenvalue weighted by molar-refractivity contribution is 7.99. The largest absolute Gasteiger partial charge is 0.392 e. The van der Waals surface area contributed by atoms with Crippen LogP contribution in [0.5, 0.6) is 0 Å². The summed E-state index contributed by atoms with van der Waals surface area (Å²) in [6.45, 7) is 1.51. The van der Waals surface area contributed by atoms with Crippen LogP contribution in [0, 0.1) is 0 Å². The van der Waals surface area contributed by atoms with Crippen LogP contribution in [-0.2, 0) is 20.9 Å². The molecule has 0 aromatic heterocycles. The monoisotopic (exact) mass is 449 g/mol. The number of carbonyl (C=O) groups excluding carboxylic acids is 1. The Morgan fingerprint density at radius 3 is 2.50 bits per heavy atom. The van der Waals surface area contributed by atoms with E-state index in [0.717, 1.165) is 28.9 Å². The third-order valence-electron chi connectivity index (χ3n) is 5.27. The molecule has 3 unspecified atom stereocenters. The number of aliphatic hydroxyl groups is 1. The van der Waals surface area contributed by atoms with Gasteiger partial charge in [0, 0.05) is 35.2 Å². The SMILES string of the molecule is CC(=O)Nc1cccc(C2OC(CSc3ccccc3)CC(c3ccc(CO)cc3)O2)c1. The van der Waals surface area contributed by atoms with Gasteiger partial charge < -0.3 is 19.9 Å². The van der Waals surface area contributed by atoms with E-state index in [2.05, 4.69) is 17.4 Å². The zero-order chi connectivity index (χ0) is 22.3. The Labute approximate surface area is 192 Å². The molecule has 0 spiro atoms. The number of carbonyl (C=O) groups is 1. The summed E-state index contributed by atoms with van der Waals surface area (Å²) >= 11 is 1.77. The second-order valence-corrected chi connectivity index (χ2v) is 8.87. The minimum Gasteiger partial charge on any atom is -0.392 e. The Morgan fingerprint density at radius 1 is 1.00 bits per heavy atom. The third-order valence-corrected chi connectivity index (χ3v) is 6.42. The Morgan fingerprint density at radius 2 is 1.78 bits per heavy atom. The van der Waals surface area contributed by atoms with Crippen molar-refractivity contribution < 1.29 is 19.4 Å². The molecule has 32 heavy (non-hydrogen) atoms. The lowest BCUT2D eigenvalue weighted by Gasteiger charge is -2.36. The van der Waals surface area contributed by atoms with Crippen molar-refractivity contribution in [3.05, 3.63) is 95.6 Å². The quantitative estimate of drug-likeness (QED) is 0.468. The molecular weight excluding hydrogens is 422 g/mol.